The van der Waals surface area contributed by atoms with Crippen LogP contribution in [0.25, 0.3) is 0 Å². The fourth-order valence-corrected chi connectivity index (χ4v) is 4.12. The van der Waals surface area contributed by atoms with Crippen molar-refractivity contribution in [2.45, 2.75) is 44.8 Å². The molecule has 33 heavy (non-hydrogen) atoms. The summed E-state index contributed by atoms with van der Waals surface area (Å²) in [7, 11) is 1.59. The van der Waals surface area contributed by atoms with Crippen LogP contribution in [0.5, 0.6) is 17.2 Å². The summed E-state index contributed by atoms with van der Waals surface area (Å²) in [6.45, 7) is 4.97. The van der Waals surface area contributed by atoms with Crippen molar-refractivity contribution in [2.75, 3.05) is 31.7 Å². The summed E-state index contributed by atoms with van der Waals surface area (Å²) in [5.41, 5.74) is 1.94. The van der Waals surface area contributed by atoms with Crippen LogP contribution < -0.4 is 24.4 Å². The lowest BCUT2D eigenvalue weighted by molar-refractivity contribution is -0.119. The molecular formula is C25H30F2N2O4. The molecule has 0 radical (unpaired) electrons. The molecule has 0 aromatic heterocycles. The molecule has 6 nitrogen and oxygen atoms in total. The lowest BCUT2D eigenvalue weighted by atomic mass is 10.1. The number of hydrogen-bond donors (Lipinski definition) is 1. The summed E-state index contributed by atoms with van der Waals surface area (Å²) in [5, 5.41) is 2.87. The Hall–Kier alpha value is -3.03. The first-order valence-electron chi connectivity index (χ1n) is 11.2. The monoisotopic (exact) mass is 460 g/mol. The Morgan fingerprint density at radius 2 is 1.91 bits per heavy atom. The highest BCUT2D eigenvalue weighted by Crippen LogP contribution is 2.48. The van der Waals surface area contributed by atoms with E-state index in [4.69, 9.17) is 14.2 Å². The number of rotatable bonds is 9. The molecule has 2 fully saturated rings. The average molecular weight is 461 g/mol. The van der Waals surface area contributed by atoms with Crippen molar-refractivity contribution in [3.8, 4) is 17.2 Å². The molecule has 4 rings (SSSR count). The van der Waals surface area contributed by atoms with Gasteiger partial charge < -0.3 is 24.4 Å². The van der Waals surface area contributed by atoms with Gasteiger partial charge in [0.05, 0.1) is 37.9 Å². The Morgan fingerprint density at radius 3 is 2.55 bits per heavy atom. The molecule has 1 amide bonds. The van der Waals surface area contributed by atoms with Crippen LogP contribution in [0, 0.1) is 5.92 Å². The topological polar surface area (TPSA) is 60.0 Å². The smallest absolute Gasteiger partial charge is 0.255 e. The standard InChI is InChI=1S/C25H30F2N2O4/c1-16(28-17(2)30)18-4-6-20(7-5-18)33-22-10-11-29(14-22)23-9-8-21(12-24(23)31-3)32-15-19-13-25(19,26)27/h4-9,12,16,19,22H,10-11,13-15H2,1-3H3,(H,28,30)/t16-,19?,22+/m0/s1. The van der Waals surface area contributed by atoms with Crippen molar-refractivity contribution in [1.82, 2.24) is 5.32 Å². The highest BCUT2D eigenvalue weighted by atomic mass is 19.3. The molecule has 1 aliphatic carbocycles. The molecule has 2 aliphatic rings. The van der Waals surface area contributed by atoms with E-state index in [0.717, 1.165) is 30.0 Å². The molecular weight excluding hydrogens is 430 g/mol. The molecule has 1 aliphatic heterocycles. The van der Waals surface area contributed by atoms with Gasteiger partial charge in [0.1, 0.15) is 23.4 Å². The van der Waals surface area contributed by atoms with Gasteiger partial charge in [-0.1, -0.05) is 12.1 Å². The van der Waals surface area contributed by atoms with Gasteiger partial charge in [0.15, 0.2) is 0 Å². The second-order valence-electron chi connectivity index (χ2n) is 8.77. The fourth-order valence-electron chi connectivity index (χ4n) is 4.12. The molecule has 8 heteroatoms. The van der Waals surface area contributed by atoms with E-state index in [-0.39, 0.29) is 31.1 Å². The lowest BCUT2D eigenvalue weighted by Gasteiger charge is -2.22. The van der Waals surface area contributed by atoms with Crippen LogP contribution in [0.4, 0.5) is 14.5 Å². The van der Waals surface area contributed by atoms with Crippen LogP contribution in [0.1, 0.15) is 38.3 Å². The summed E-state index contributed by atoms with van der Waals surface area (Å²) in [5.74, 6) is -1.38. The molecule has 3 atom stereocenters. The van der Waals surface area contributed by atoms with E-state index in [9.17, 15) is 13.6 Å². The Morgan fingerprint density at radius 1 is 1.21 bits per heavy atom. The average Bonchev–Trinajstić information content (AvgIpc) is 3.16. The molecule has 178 valence electrons. The molecule has 1 saturated heterocycles. The maximum absolute atomic E-state index is 13.1. The van der Waals surface area contributed by atoms with Gasteiger partial charge in [0.2, 0.25) is 5.91 Å². The fraction of sp³-hybridized carbons (Fsp3) is 0.480. The van der Waals surface area contributed by atoms with E-state index in [1.54, 1.807) is 19.2 Å². The number of ether oxygens (including phenoxy) is 3. The third kappa shape index (κ3) is 5.67. The van der Waals surface area contributed by atoms with E-state index < -0.39 is 11.8 Å². The van der Waals surface area contributed by atoms with Crippen LogP contribution in [0.3, 0.4) is 0 Å². The third-order valence-corrected chi connectivity index (χ3v) is 6.15. The van der Waals surface area contributed by atoms with Gasteiger partial charge in [-0.15, -0.1) is 0 Å². The van der Waals surface area contributed by atoms with Crippen LogP contribution in [-0.2, 0) is 4.79 Å². The largest absolute Gasteiger partial charge is 0.494 e. The van der Waals surface area contributed by atoms with Gasteiger partial charge >= 0.3 is 0 Å². The number of nitrogens with zero attached hydrogens (tertiary/aromatic N) is 1. The number of anilines is 1. The van der Waals surface area contributed by atoms with E-state index in [0.29, 0.717) is 18.0 Å². The van der Waals surface area contributed by atoms with Gasteiger partial charge in [0, 0.05) is 32.4 Å². The van der Waals surface area contributed by atoms with E-state index in [2.05, 4.69) is 10.2 Å². The molecule has 0 bridgehead atoms. The minimum atomic E-state index is -2.58. The molecule has 1 unspecified atom stereocenters. The number of amides is 1. The zero-order valence-electron chi connectivity index (χ0n) is 19.1. The SMILES string of the molecule is COc1cc(OCC2CC2(F)F)ccc1N1CC[C@@H](Oc2ccc([C@H](C)NC(C)=O)cc2)C1. The number of carbonyl (C=O) groups is 1. The minimum Gasteiger partial charge on any atom is -0.494 e. The van der Waals surface area contributed by atoms with Crippen molar-refractivity contribution in [3.05, 3.63) is 48.0 Å². The number of hydrogen-bond acceptors (Lipinski definition) is 5. The molecule has 1 N–H and O–H groups in total. The third-order valence-electron chi connectivity index (χ3n) is 6.15. The molecule has 2 aromatic rings. The molecule has 1 saturated carbocycles. The zero-order valence-corrected chi connectivity index (χ0v) is 19.1. The van der Waals surface area contributed by atoms with Crippen molar-refractivity contribution in [1.29, 1.82) is 0 Å². The normalized spacial score (nSPS) is 21.9. The summed E-state index contributed by atoms with van der Waals surface area (Å²) in [6.07, 6.45) is 0.790. The lowest BCUT2D eigenvalue weighted by Crippen LogP contribution is -2.25. The Bertz CT molecular complexity index is 983. The second-order valence-corrected chi connectivity index (χ2v) is 8.77. The summed E-state index contributed by atoms with van der Waals surface area (Å²) in [6, 6.07) is 13.2. The van der Waals surface area contributed by atoms with Gasteiger partial charge in [-0.25, -0.2) is 8.78 Å². The van der Waals surface area contributed by atoms with Gasteiger partial charge in [-0.05, 0) is 36.8 Å². The van der Waals surface area contributed by atoms with Crippen molar-refractivity contribution < 1.29 is 27.8 Å². The van der Waals surface area contributed by atoms with Crippen LogP contribution in [0.2, 0.25) is 0 Å². The second kappa shape index (κ2) is 9.45. The van der Waals surface area contributed by atoms with Crippen molar-refractivity contribution in [2.24, 2.45) is 5.92 Å². The number of methoxy groups -OCH3 is 1. The van der Waals surface area contributed by atoms with Crippen LogP contribution in [-0.4, -0.2) is 44.7 Å². The first-order valence-corrected chi connectivity index (χ1v) is 11.2. The van der Waals surface area contributed by atoms with Crippen LogP contribution >= 0.6 is 0 Å². The van der Waals surface area contributed by atoms with Crippen LogP contribution in [0.15, 0.2) is 42.5 Å². The van der Waals surface area contributed by atoms with E-state index in [1.807, 2.05) is 37.3 Å². The maximum Gasteiger partial charge on any atom is 0.255 e. The van der Waals surface area contributed by atoms with Gasteiger partial charge in [-0.2, -0.15) is 0 Å². The minimum absolute atomic E-state index is 0.0114. The highest BCUT2D eigenvalue weighted by molar-refractivity contribution is 5.73. The zero-order chi connectivity index (χ0) is 23.6. The molecule has 0 spiro atoms. The summed E-state index contributed by atoms with van der Waals surface area (Å²) < 4.78 is 43.4. The predicted molar refractivity (Wildman–Crippen MR) is 121 cm³/mol. The van der Waals surface area contributed by atoms with E-state index >= 15 is 0 Å². The van der Waals surface area contributed by atoms with E-state index in [1.165, 1.54) is 6.92 Å². The molecule has 2 aromatic carbocycles. The number of halogens is 2. The number of nitrogens with one attached hydrogen (secondary N) is 1. The Kier molecular flexibility index (Phi) is 6.63. The number of carbonyl (C=O) groups excluding carboxylic acids is 1. The predicted octanol–water partition coefficient (Wildman–Crippen LogP) is 4.58. The van der Waals surface area contributed by atoms with Crippen molar-refractivity contribution in [3.63, 3.8) is 0 Å². The first kappa shape index (κ1) is 23.1. The first-order chi connectivity index (χ1) is 15.7. The Balaban J connectivity index is 1.33. The summed E-state index contributed by atoms with van der Waals surface area (Å²) >= 11 is 0. The van der Waals surface area contributed by atoms with Crippen molar-refractivity contribution >= 4 is 11.6 Å². The quantitative estimate of drug-likeness (QED) is 0.594. The molecule has 1 heterocycles. The number of alkyl halides is 2. The number of benzene rings is 2. The summed E-state index contributed by atoms with van der Waals surface area (Å²) in [4.78, 5) is 13.4. The van der Waals surface area contributed by atoms with Gasteiger partial charge in [-0.3, -0.25) is 4.79 Å². The maximum atomic E-state index is 13.1. The highest BCUT2D eigenvalue weighted by Gasteiger charge is 2.57. The Labute approximate surface area is 192 Å². The van der Waals surface area contributed by atoms with Gasteiger partial charge in [0.25, 0.3) is 5.92 Å².